The maximum Gasteiger partial charge on any atom is 0.265 e. The maximum absolute atomic E-state index is 10.7. The lowest BCUT2D eigenvalue weighted by Crippen LogP contribution is -2.10. The summed E-state index contributed by atoms with van der Waals surface area (Å²) in [6.45, 7) is 0. The molecule has 0 fully saturated rings. The van der Waals surface area contributed by atoms with Crippen LogP contribution in [0, 0.1) is 0 Å². The number of aromatic nitrogens is 1. The zero-order chi connectivity index (χ0) is 9.35. The van der Waals surface area contributed by atoms with Crippen LogP contribution in [0.25, 0.3) is 0 Å². The molecule has 0 aliphatic heterocycles. The minimum absolute atomic E-state index is 0.00854. The van der Waals surface area contributed by atoms with Gasteiger partial charge in [0.05, 0.1) is 0 Å². The molecular weight excluding hydrogens is 204 g/mol. The molecule has 5 nitrogen and oxygen atoms in total. The van der Waals surface area contributed by atoms with Gasteiger partial charge in [0.1, 0.15) is 10.6 Å². The van der Waals surface area contributed by atoms with Gasteiger partial charge in [-0.05, 0) is 6.07 Å². The molecule has 1 rings (SSSR count). The number of nitrogens with two attached hydrogens (primary N) is 1. The normalized spacial score (nSPS) is 11.4. The molecule has 1 heterocycles. The molecule has 0 radical (unpaired) electrons. The molecule has 0 saturated heterocycles. The smallest absolute Gasteiger partial charge is 0.265 e. The highest BCUT2D eigenvalue weighted by Crippen LogP contribution is 2.14. The van der Waals surface area contributed by atoms with Crippen LogP contribution in [-0.4, -0.2) is 19.3 Å². The lowest BCUT2D eigenvalue weighted by atomic mass is 10.4. The van der Waals surface area contributed by atoms with Crippen LogP contribution in [0.4, 0.5) is 0 Å². The van der Waals surface area contributed by atoms with E-state index in [4.69, 9.17) is 16.4 Å². The molecule has 0 unspecified atom stereocenters. The number of amides is 1. The number of hydrogen-bond donors (Lipinski definition) is 2. The molecule has 12 heavy (non-hydrogen) atoms. The Kier molecular flexibility index (Phi) is 2.12. The van der Waals surface area contributed by atoms with Gasteiger partial charge >= 0.3 is 0 Å². The van der Waals surface area contributed by atoms with Crippen molar-refractivity contribution in [1.82, 2.24) is 4.98 Å². The van der Waals surface area contributed by atoms with E-state index in [2.05, 4.69) is 4.98 Å². The van der Waals surface area contributed by atoms with E-state index in [1.807, 2.05) is 0 Å². The molecule has 0 saturated carbocycles. The fraction of sp³-hybridized carbons (Fsp3) is 0. The van der Waals surface area contributed by atoms with Crippen LogP contribution >= 0.6 is 10.7 Å². The summed E-state index contributed by atoms with van der Waals surface area (Å²) in [4.78, 5) is 12.7. The van der Waals surface area contributed by atoms with Gasteiger partial charge in [0.15, 0.2) is 0 Å². The number of primary amides is 1. The Bertz CT molecular complexity index is 408. The number of hydrogen-bond acceptors (Lipinski definition) is 3. The SMILES string of the molecule is NC(=O)c1cc(S(=O)(=O)Cl)c[nH]1. The lowest BCUT2D eigenvalue weighted by Gasteiger charge is -1.85. The fourth-order valence-electron chi connectivity index (χ4n) is 0.658. The first kappa shape index (κ1) is 9.08. The predicted molar refractivity (Wildman–Crippen MR) is 42.3 cm³/mol. The molecule has 0 spiro atoms. The highest BCUT2D eigenvalue weighted by molar-refractivity contribution is 8.13. The van der Waals surface area contributed by atoms with Crippen molar-refractivity contribution in [3.63, 3.8) is 0 Å². The number of halogens is 1. The van der Waals surface area contributed by atoms with Crippen molar-refractivity contribution in [3.05, 3.63) is 18.0 Å². The summed E-state index contributed by atoms with van der Waals surface area (Å²) in [5, 5.41) is 0. The van der Waals surface area contributed by atoms with E-state index in [1.54, 1.807) is 0 Å². The number of H-pyrrole nitrogens is 1. The van der Waals surface area contributed by atoms with Gasteiger partial charge in [-0.3, -0.25) is 4.79 Å². The Morgan fingerprint density at radius 1 is 1.58 bits per heavy atom. The molecule has 66 valence electrons. The van der Waals surface area contributed by atoms with Gasteiger partial charge in [-0.1, -0.05) is 0 Å². The first-order valence-electron chi connectivity index (χ1n) is 2.84. The van der Waals surface area contributed by atoms with E-state index in [0.29, 0.717) is 0 Å². The van der Waals surface area contributed by atoms with E-state index in [0.717, 1.165) is 12.3 Å². The van der Waals surface area contributed by atoms with Crippen LogP contribution in [0.3, 0.4) is 0 Å². The molecule has 0 bridgehead atoms. The molecular formula is C5H5ClN2O3S. The third-order valence-electron chi connectivity index (χ3n) is 1.20. The van der Waals surface area contributed by atoms with Crippen LogP contribution in [0.1, 0.15) is 10.5 Å². The van der Waals surface area contributed by atoms with Gasteiger partial charge in [-0.2, -0.15) is 0 Å². The van der Waals surface area contributed by atoms with Crippen LogP contribution in [-0.2, 0) is 9.05 Å². The third-order valence-corrected chi connectivity index (χ3v) is 2.54. The zero-order valence-electron chi connectivity index (χ0n) is 5.74. The van der Waals surface area contributed by atoms with Gasteiger partial charge in [-0.25, -0.2) is 8.42 Å². The number of nitrogens with one attached hydrogen (secondary N) is 1. The van der Waals surface area contributed by atoms with Crippen molar-refractivity contribution in [1.29, 1.82) is 0 Å². The average molecular weight is 209 g/mol. The Labute approximate surface area is 72.9 Å². The zero-order valence-corrected chi connectivity index (χ0v) is 7.32. The Morgan fingerprint density at radius 3 is 2.42 bits per heavy atom. The van der Waals surface area contributed by atoms with Crippen LogP contribution < -0.4 is 5.73 Å². The fourth-order valence-corrected chi connectivity index (χ4v) is 1.38. The topological polar surface area (TPSA) is 93.0 Å². The van der Waals surface area contributed by atoms with E-state index in [9.17, 15) is 13.2 Å². The minimum atomic E-state index is -3.78. The second-order valence-electron chi connectivity index (χ2n) is 2.05. The summed E-state index contributed by atoms with van der Waals surface area (Å²) in [5.74, 6) is -0.735. The summed E-state index contributed by atoms with van der Waals surface area (Å²) >= 11 is 0. The molecule has 1 aromatic rings. The lowest BCUT2D eigenvalue weighted by molar-refractivity contribution is 0.0996. The van der Waals surface area contributed by atoms with Gasteiger partial charge in [-0.15, -0.1) is 0 Å². The van der Waals surface area contributed by atoms with Crippen molar-refractivity contribution >= 4 is 25.6 Å². The number of carbonyl (C=O) groups is 1. The van der Waals surface area contributed by atoms with Crippen molar-refractivity contribution in [2.45, 2.75) is 4.90 Å². The standard InChI is InChI=1S/C5H5ClN2O3S/c6-12(10,11)3-1-4(5(7)9)8-2-3/h1-2,8H,(H2,7,9). The first-order valence-corrected chi connectivity index (χ1v) is 5.15. The molecule has 0 aromatic carbocycles. The molecule has 0 aliphatic carbocycles. The predicted octanol–water partition coefficient (Wildman–Crippen LogP) is 0.0411. The van der Waals surface area contributed by atoms with Gasteiger partial charge in [0.2, 0.25) is 0 Å². The summed E-state index contributed by atoms with van der Waals surface area (Å²) < 4.78 is 21.3. The average Bonchev–Trinajstić information content (AvgIpc) is 2.30. The van der Waals surface area contributed by atoms with E-state index in [1.165, 1.54) is 0 Å². The second kappa shape index (κ2) is 2.80. The third kappa shape index (κ3) is 1.77. The second-order valence-corrected chi connectivity index (χ2v) is 4.62. The largest absolute Gasteiger partial charge is 0.364 e. The molecule has 1 amide bonds. The van der Waals surface area contributed by atoms with Gasteiger partial charge in [0.25, 0.3) is 15.0 Å². The van der Waals surface area contributed by atoms with Crippen molar-refractivity contribution in [3.8, 4) is 0 Å². The molecule has 7 heteroatoms. The number of carbonyl (C=O) groups excluding carboxylic acids is 1. The summed E-state index contributed by atoms with van der Waals surface area (Å²) in [6.07, 6.45) is 1.10. The Morgan fingerprint density at radius 2 is 2.17 bits per heavy atom. The Balaban J connectivity index is 3.17. The number of rotatable bonds is 2. The summed E-state index contributed by atoms with van der Waals surface area (Å²) in [5.41, 5.74) is 4.87. The number of aromatic amines is 1. The van der Waals surface area contributed by atoms with Crippen LogP contribution in [0.5, 0.6) is 0 Å². The summed E-state index contributed by atoms with van der Waals surface area (Å²) in [6, 6.07) is 1.07. The quantitative estimate of drug-likeness (QED) is 0.672. The minimum Gasteiger partial charge on any atom is -0.364 e. The van der Waals surface area contributed by atoms with E-state index < -0.39 is 15.0 Å². The Hall–Kier alpha value is -1.01. The summed E-state index contributed by atoms with van der Waals surface area (Å²) in [7, 11) is 1.19. The highest BCUT2D eigenvalue weighted by atomic mass is 35.7. The van der Waals surface area contributed by atoms with Crippen LogP contribution in [0.2, 0.25) is 0 Å². The molecule has 1 aromatic heterocycles. The van der Waals surface area contributed by atoms with E-state index in [-0.39, 0.29) is 10.6 Å². The van der Waals surface area contributed by atoms with E-state index >= 15 is 0 Å². The molecule has 3 N–H and O–H groups in total. The first-order chi connectivity index (χ1) is 5.41. The van der Waals surface area contributed by atoms with Crippen molar-refractivity contribution < 1.29 is 13.2 Å². The highest BCUT2D eigenvalue weighted by Gasteiger charge is 2.13. The van der Waals surface area contributed by atoms with Gasteiger partial charge in [0, 0.05) is 16.9 Å². The van der Waals surface area contributed by atoms with Gasteiger partial charge < -0.3 is 10.7 Å². The van der Waals surface area contributed by atoms with Crippen LogP contribution in [0.15, 0.2) is 17.2 Å². The molecule has 0 aliphatic rings. The molecule has 0 atom stereocenters. The monoisotopic (exact) mass is 208 g/mol. The van der Waals surface area contributed by atoms with Crippen molar-refractivity contribution in [2.24, 2.45) is 5.73 Å². The van der Waals surface area contributed by atoms with Crippen molar-refractivity contribution in [2.75, 3.05) is 0 Å². The maximum atomic E-state index is 10.7.